The third kappa shape index (κ3) is 5.06. The van der Waals surface area contributed by atoms with Crippen LogP contribution in [-0.4, -0.2) is 59.3 Å². The Morgan fingerprint density at radius 1 is 1.24 bits per heavy atom. The summed E-state index contributed by atoms with van der Waals surface area (Å²) in [5.74, 6) is 1.83. The number of aryl methyl sites for hydroxylation is 1. The van der Waals surface area contributed by atoms with Gasteiger partial charge in [0, 0.05) is 32.1 Å². The highest BCUT2D eigenvalue weighted by atomic mass is 16.7. The molecule has 4 rings (SSSR count). The maximum atomic E-state index is 6.07. The molecule has 4 atom stereocenters. The summed E-state index contributed by atoms with van der Waals surface area (Å²) in [6.45, 7) is 3.38. The van der Waals surface area contributed by atoms with Crippen molar-refractivity contribution in [1.29, 1.82) is 0 Å². The molecule has 0 saturated carbocycles. The topological polar surface area (TPSA) is 70.5 Å². The molecular formula is C26H34N2O5. The van der Waals surface area contributed by atoms with Crippen LogP contribution in [0.1, 0.15) is 29.2 Å². The monoisotopic (exact) mass is 454 g/mol. The maximum absolute atomic E-state index is 6.07. The molecule has 178 valence electrons. The molecule has 3 aliphatic rings. The maximum Gasteiger partial charge on any atom is 0.164 e. The summed E-state index contributed by atoms with van der Waals surface area (Å²) in [7, 11) is 5.23. The molecule has 0 radical (unpaired) electrons. The number of benzene rings is 1. The number of methoxy groups -OCH3 is 2. The fourth-order valence-electron chi connectivity index (χ4n) is 4.76. The van der Waals surface area contributed by atoms with Crippen molar-refractivity contribution in [3.05, 3.63) is 59.2 Å². The van der Waals surface area contributed by atoms with Gasteiger partial charge >= 0.3 is 0 Å². The Bertz CT molecular complexity index is 952. The third-order valence-corrected chi connectivity index (χ3v) is 6.25. The lowest BCUT2D eigenvalue weighted by Crippen LogP contribution is -2.37. The van der Waals surface area contributed by atoms with Gasteiger partial charge in [0.25, 0.3) is 0 Å². The van der Waals surface area contributed by atoms with Crippen LogP contribution in [0.4, 0.5) is 0 Å². The molecule has 0 fully saturated rings. The minimum Gasteiger partial charge on any atom is -0.489 e. The Labute approximate surface area is 196 Å². The summed E-state index contributed by atoms with van der Waals surface area (Å²) in [5.41, 5.74) is 4.24. The van der Waals surface area contributed by atoms with Gasteiger partial charge in [-0.1, -0.05) is 30.4 Å². The molecule has 7 heteroatoms. The molecule has 0 amide bonds. The molecule has 0 aromatic heterocycles. The van der Waals surface area contributed by atoms with E-state index in [9.17, 15) is 0 Å². The Balaban J connectivity index is 1.69. The number of nitrogens with zero attached hydrogens (tertiary/aromatic N) is 1. The van der Waals surface area contributed by atoms with Gasteiger partial charge in [0.1, 0.15) is 25.7 Å². The first-order valence-electron chi connectivity index (χ1n) is 11.5. The summed E-state index contributed by atoms with van der Waals surface area (Å²) < 4.78 is 29.0. The van der Waals surface area contributed by atoms with Crippen LogP contribution >= 0.6 is 0 Å². The van der Waals surface area contributed by atoms with Crippen LogP contribution in [0.3, 0.4) is 0 Å². The van der Waals surface area contributed by atoms with Crippen LogP contribution in [0.15, 0.2) is 47.5 Å². The van der Waals surface area contributed by atoms with Crippen LogP contribution in [0.5, 0.6) is 11.5 Å². The average molecular weight is 455 g/mol. The fraction of sp³-hybridized carbons (Fsp3) is 0.500. The van der Waals surface area contributed by atoms with Gasteiger partial charge in [-0.3, -0.25) is 10.3 Å². The highest BCUT2D eigenvalue weighted by molar-refractivity contribution is 6.00. The zero-order valence-corrected chi connectivity index (χ0v) is 19.9. The van der Waals surface area contributed by atoms with Gasteiger partial charge < -0.3 is 23.7 Å². The van der Waals surface area contributed by atoms with Crippen LogP contribution in [-0.2, 0) is 20.6 Å². The van der Waals surface area contributed by atoms with Crippen molar-refractivity contribution in [2.75, 3.05) is 41.4 Å². The lowest BCUT2D eigenvalue weighted by Gasteiger charge is -2.33. The number of allylic oxidation sites excluding steroid dienone is 3. The molecule has 4 unspecified atom stereocenters. The summed E-state index contributed by atoms with van der Waals surface area (Å²) in [6, 6.07) is 1.98. The summed E-state index contributed by atoms with van der Waals surface area (Å²) in [6.07, 6.45) is 13.9. The molecule has 1 aromatic rings. The van der Waals surface area contributed by atoms with E-state index < -0.39 is 0 Å². The number of hydrogen-bond donors (Lipinski definition) is 1. The first-order chi connectivity index (χ1) is 16.2. The zero-order chi connectivity index (χ0) is 23.2. The Hall–Kier alpha value is -2.45. The minimum absolute atomic E-state index is 0.0539. The Morgan fingerprint density at radius 3 is 2.85 bits per heavy atom. The quantitative estimate of drug-likeness (QED) is 0.544. The van der Waals surface area contributed by atoms with Gasteiger partial charge in [0.15, 0.2) is 11.5 Å². The second-order valence-electron chi connectivity index (χ2n) is 8.42. The van der Waals surface area contributed by atoms with Crippen molar-refractivity contribution < 1.29 is 23.7 Å². The molecule has 0 spiro atoms. The summed E-state index contributed by atoms with van der Waals surface area (Å²) >= 11 is 0. The van der Waals surface area contributed by atoms with Crippen molar-refractivity contribution >= 4 is 5.71 Å². The second kappa shape index (κ2) is 11.1. The van der Waals surface area contributed by atoms with Crippen LogP contribution in [0, 0.1) is 12.8 Å². The van der Waals surface area contributed by atoms with Crippen molar-refractivity contribution in [2.24, 2.45) is 10.9 Å². The van der Waals surface area contributed by atoms with Crippen molar-refractivity contribution in [3.63, 3.8) is 0 Å². The lowest BCUT2D eigenvalue weighted by atomic mass is 9.86. The predicted octanol–water partition coefficient (Wildman–Crippen LogP) is 3.67. The molecule has 0 saturated heterocycles. The Kier molecular flexibility index (Phi) is 7.98. The largest absolute Gasteiger partial charge is 0.489 e. The molecule has 1 N–H and O–H groups in total. The van der Waals surface area contributed by atoms with E-state index in [1.54, 1.807) is 14.2 Å². The van der Waals surface area contributed by atoms with E-state index in [1.807, 2.05) is 19.2 Å². The number of dihydropyridines is 1. The molecule has 1 aromatic carbocycles. The summed E-state index contributed by atoms with van der Waals surface area (Å²) in [4.78, 5) is 5.18. The molecule has 33 heavy (non-hydrogen) atoms. The molecule has 2 aliphatic heterocycles. The first kappa shape index (κ1) is 23.7. The van der Waals surface area contributed by atoms with Crippen LogP contribution in [0.2, 0.25) is 0 Å². The van der Waals surface area contributed by atoms with E-state index in [1.165, 1.54) is 0 Å². The fourth-order valence-corrected chi connectivity index (χ4v) is 4.76. The second-order valence-corrected chi connectivity index (χ2v) is 8.42. The number of rotatable bonds is 10. The van der Waals surface area contributed by atoms with E-state index in [0.717, 1.165) is 46.7 Å². The SMILES string of the molecule is CNCOc1cc(C)c(C(OC)C2=NC(C3C=CC=CC3)C(OCOC)C=C2)c2c1OCC2. The zero-order valence-electron chi connectivity index (χ0n) is 19.9. The number of nitrogens with one attached hydrogen (secondary N) is 1. The lowest BCUT2D eigenvalue weighted by molar-refractivity contribution is -0.0660. The average Bonchev–Trinajstić information content (AvgIpc) is 3.34. The van der Waals surface area contributed by atoms with Gasteiger partial charge in [-0.15, -0.1) is 0 Å². The van der Waals surface area contributed by atoms with E-state index in [4.69, 9.17) is 28.7 Å². The minimum atomic E-state index is -0.302. The number of aliphatic imine (C=N–C) groups is 1. The number of ether oxygens (including phenoxy) is 5. The van der Waals surface area contributed by atoms with E-state index in [-0.39, 0.29) is 31.0 Å². The van der Waals surface area contributed by atoms with Gasteiger partial charge in [-0.05, 0) is 43.7 Å². The standard InChI is InChI=1S/C26H34N2O5/c1-17-14-22(32-15-27-2)25-19(12-13-31-25)23(17)26(30-4)20-10-11-21(33-16-29-3)24(28-20)18-8-6-5-7-9-18/h5-8,10-11,14,18,21,24,26-27H,9,12-13,15-16H2,1-4H3. The first-order valence-corrected chi connectivity index (χ1v) is 11.5. The van der Waals surface area contributed by atoms with E-state index >= 15 is 0 Å². The normalized spacial score (nSPS) is 24.4. The number of fused-ring (bicyclic) bond motifs is 1. The van der Waals surface area contributed by atoms with Gasteiger partial charge in [-0.2, -0.15) is 0 Å². The predicted molar refractivity (Wildman–Crippen MR) is 128 cm³/mol. The molecule has 0 bridgehead atoms. The van der Waals surface area contributed by atoms with Crippen molar-refractivity contribution in [3.8, 4) is 11.5 Å². The van der Waals surface area contributed by atoms with Crippen molar-refractivity contribution in [2.45, 2.75) is 38.0 Å². The highest BCUT2D eigenvalue weighted by Crippen LogP contribution is 2.43. The number of hydrogen-bond acceptors (Lipinski definition) is 7. The van der Waals surface area contributed by atoms with Crippen LogP contribution in [0.25, 0.3) is 0 Å². The highest BCUT2D eigenvalue weighted by Gasteiger charge is 2.34. The van der Waals surface area contributed by atoms with E-state index in [0.29, 0.717) is 13.3 Å². The van der Waals surface area contributed by atoms with Gasteiger partial charge in [0.2, 0.25) is 0 Å². The molecule has 2 heterocycles. The van der Waals surface area contributed by atoms with E-state index in [2.05, 4.69) is 42.6 Å². The molecule has 7 nitrogen and oxygen atoms in total. The van der Waals surface area contributed by atoms with Gasteiger partial charge in [0.05, 0.1) is 18.4 Å². The molecular weight excluding hydrogens is 420 g/mol. The van der Waals surface area contributed by atoms with Crippen LogP contribution < -0.4 is 14.8 Å². The van der Waals surface area contributed by atoms with Crippen molar-refractivity contribution in [1.82, 2.24) is 5.32 Å². The third-order valence-electron chi connectivity index (χ3n) is 6.25. The molecule has 1 aliphatic carbocycles. The summed E-state index contributed by atoms with van der Waals surface area (Å²) in [5, 5.41) is 3.02. The smallest absolute Gasteiger partial charge is 0.164 e. The van der Waals surface area contributed by atoms with Gasteiger partial charge in [-0.25, -0.2) is 0 Å². The Morgan fingerprint density at radius 2 is 2.12 bits per heavy atom.